The molecule has 31 heavy (non-hydrogen) atoms. The number of nitrogens with one attached hydrogen (secondary N) is 2. The Morgan fingerprint density at radius 1 is 1.19 bits per heavy atom. The summed E-state index contributed by atoms with van der Waals surface area (Å²) in [6, 6.07) is 5.17. The van der Waals surface area contributed by atoms with Gasteiger partial charge in [0.1, 0.15) is 11.9 Å². The van der Waals surface area contributed by atoms with Crippen LogP contribution in [0.3, 0.4) is 0 Å². The van der Waals surface area contributed by atoms with E-state index in [1.807, 2.05) is 18.7 Å². The maximum absolute atomic E-state index is 12.8. The van der Waals surface area contributed by atoms with E-state index in [1.54, 1.807) is 17.5 Å². The lowest BCUT2D eigenvalue weighted by atomic mass is 10.0. The lowest BCUT2D eigenvalue weighted by molar-refractivity contribution is -0.137. The van der Waals surface area contributed by atoms with Crippen molar-refractivity contribution in [3.8, 4) is 0 Å². The first-order valence-corrected chi connectivity index (χ1v) is 11.0. The molecule has 0 bridgehead atoms. The van der Waals surface area contributed by atoms with Crippen LogP contribution in [0.4, 0.5) is 19.0 Å². The fourth-order valence-electron chi connectivity index (χ4n) is 3.44. The van der Waals surface area contributed by atoms with Gasteiger partial charge in [-0.25, -0.2) is 4.98 Å². The molecule has 2 aromatic rings. The maximum Gasteiger partial charge on any atom is 0.417 e. The maximum atomic E-state index is 12.8. The second kappa shape index (κ2) is 9.67. The van der Waals surface area contributed by atoms with Crippen molar-refractivity contribution in [3.05, 3.63) is 46.3 Å². The van der Waals surface area contributed by atoms with Gasteiger partial charge in [0.15, 0.2) is 0 Å². The molecule has 1 atom stereocenters. The molecule has 2 N–H and O–H groups in total. The van der Waals surface area contributed by atoms with Crippen LogP contribution in [0.5, 0.6) is 0 Å². The summed E-state index contributed by atoms with van der Waals surface area (Å²) in [4.78, 5) is 31.5. The van der Waals surface area contributed by atoms with Crippen molar-refractivity contribution in [2.24, 2.45) is 5.92 Å². The molecule has 0 saturated carbocycles. The van der Waals surface area contributed by atoms with E-state index in [9.17, 15) is 22.8 Å². The molecule has 1 aliphatic rings. The molecule has 0 aromatic carbocycles. The lowest BCUT2D eigenvalue weighted by Crippen LogP contribution is -2.54. The van der Waals surface area contributed by atoms with Gasteiger partial charge in [-0.3, -0.25) is 9.59 Å². The molecule has 0 aliphatic carbocycles. The molecule has 1 aliphatic heterocycles. The molecule has 168 valence electrons. The molecule has 3 heterocycles. The molecule has 2 aromatic heterocycles. The molecular weight excluding hydrogens is 429 g/mol. The Bertz CT molecular complexity index is 877. The van der Waals surface area contributed by atoms with E-state index in [1.165, 1.54) is 17.4 Å². The molecule has 6 nitrogen and oxygen atoms in total. The fourth-order valence-corrected chi connectivity index (χ4v) is 4.07. The molecule has 1 unspecified atom stereocenters. The van der Waals surface area contributed by atoms with E-state index in [2.05, 4.69) is 15.6 Å². The normalized spacial score (nSPS) is 16.3. The average Bonchev–Trinajstić information content (AvgIpc) is 3.26. The second-order valence-corrected chi connectivity index (χ2v) is 8.79. The van der Waals surface area contributed by atoms with Gasteiger partial charge < -0.3 is 15.5 Å². The number of aromatic nitrogens is 1. The zero-order valence-corrected chi connectivity index (χ0v) is 18.1. The standard InChI is InChI=1S/C21H25F3N4O2S/c1-13(2)18(27-19(29)16-4-3-11-31-16)20(30)26-15-7-9-28(10-8-15)17-6-5-14(12-25-17)21(22,23)24/h3-6,11-13,15,18H,7-10H2,1-2H3,(H,26,30)(H,27,29). The van der Waals surface area contributed by atoms with Crippen molar-refractivity contribution < 1.29 is 22.8 Å². The minimum atomic E-state index is -4.41. The SMILES string of the molecule is CC(C)C(NC(=O)c1cccs1)C(=O)NC1CCN(c2ccc(C(F)(F)F)cn2)CC1. The highest BCUT2D eigenvalue weighted by Gasteiger charge is 2.32. The van der Waals surface area contributed by atoms with Crippen molar-refractivity contribution in [2.75, 3.05) is 18.0 Å². The second-order valence-electron chi connectivity index (χ2n) is 7.85. The Hall–Kier alpha value is -2.62. The van der Waals surface area contributed by atoms with Gasteiger partial charge in [0.2, 0.25) is 5.91 Å². The highest BCUT2D eigenvalue weighted by atomic mass is 32.1. The quantitative estimate of drug-likeness (QED) is 0.698. The third-order valence-corrected chi connectivity index (χ3v) is 6.09. The van der Waals surface area contributed by atoms with Crippen LogP contribution in [0, 0.1) is 5.92 Å². The van der Waals surface area contributed by atoms with Gasteiger partial charge >= 0.3 is 6.18 Å². The fraction of sp³-hybridized carbons (Fsp3) is 0.476. The minimum absolute atomic E-state index is 0.0712. The predicted octanol–water partition coefficient (Wildman–Crippen LogP) is 3.70. The lowest BCUT2D eigenvalue weighted by Gasteiger charge is -2.34. The summed E-state index contributed by atoms with van der Waals surface area (Å²) in [5, 5.41) is 7.62. The summed E-state index contributed by atoms with van der Waals surface area (Å²) in [6.45, 7) is 4.88. The molecule has 3 rings (SSSR count). The van der Waals surface area contributed by atoms with Crippen molar-refractivity contribution in [3.63, 3.8) is 0 Å². The third-order valence-electron chi connectivity index (χ3n) is 5.22. The number of hydrogen-bond donors (Lipinski definition) is 2. The zero-order valence-electron chi connectivity index (χ0n) is 17.3. The Morgan fingerprint density at radius 2 is 1.90 bits per heavy atom. The van der Waals surface area contributed by atoms with Gasteiger partial charge in [-0.2, -0.15) is 13.2 Å². The van der Waals surface area contributed by atoms with Crippen LogP contribution in [-0.2, 0) is 11.0 Å². The molecule has 0 radical (unpaired) electrons. The highest BCUT2D eigenvalue weighted by Crippen LogP contribution is 2.29. The smallest absolute Gasteiger partial charge is 0.356 e. The third kappa shape index (κ3) is 5.96. The number of amides is 2. The molecule has 1 saturated heterocycles. The summed E-state index contributed by atoms with van der Waals surface area (Å²) in [5.41, 5.74) is -0.775. The van der Waals surface area contributed by atoms with E-state index >= 15 is 0 Å². The minimum Gasteiger partial charge on any atom is -0.356 e. The van der Waals surface area contributed by atoms with Crippen molar-refractivity contribution in [1.29, 1.82) is 0 Å². The van der Waals surface area contributed by atoms with Gasteiger partial charge in [0, 0.05) is 25.3 Å². The first kappa shape index (κ1) is 23.1. The molecule has 10 heteroatoms. The topological polar surface area (TPSA) is 74.3 Å². The van der Waals surface area contributed by atoms with E-state index in [0.29, 0.717) is 36.6 Å². The largest absolute Gasteiger partial charge is 0.417 e. The van der Waals surface area contributed by atoms with Crippen LogP contribution in [0.25, 0.3) is 0 Å². The van der Waals surface area contributed by atoms with Crippen molar-refractivity contribution >= 4 is 29.0 Å². The Balaban J connectivity index is 1.53. The summed E-state index contributed by atoms with van der Waals surface area (Å²) >= 11 is 1.31. The van der Waals surface area contributed by atoms with Crippen LogP contribution >= 0.6 is 11.3 Å². The number of anilines is 1. The number of rotatable bonds is 6. The summed E-state index contributed by atoms with van der Waals surface area (Å²) in [5.74, 6) is -0.0977. The van der Waals surface area contributed by atoms with Gasteiger partial charge in [0.25, 0.3) is 5.91 Å². The Morgan fingerprint density at radius 3 is 2.42 bits per heavy atom. The molecule has 2 amide bonds. The van der Waals surface area contributed by atoms with Crippen molar-refractivity contribution in [2.45, 2.75) is 44.9 Å². The summed E-state index contributed by atoms with van der Waals surface area (Å²) in [7, 11) is 0. The number of alkyl halides is 3. The first-order valence-electron chi connectivity index (χ1n) is 10.1. The number of piperidine rings is 1. The Kier molecular flexibility index (Phi) is 7.19. The van der Waals surface area contributed by atoms with Crippen LogP contribution < -0.4 is 15.5 Å². The number of carbonyl (C=O) groups is 2. The van der Waals surface area contributed by atoms with E-state index < -0.39 is 17.8 Å². The van der Waals surface area contributed by atoms with Crippen LogP contribution in [-0.4, -0.2) is 42.0 Å². The van der Waals surface area contributed by atoms with Gasteiger partial charge in [-0.1, -0.05) is 19.9 Å². The summed E-state index contributed by atoms with van der Waals surface area (Å²) in [6.07, 6.45) is -2.29. The number of halogens is 3. The van der Waals surface area contributed by atoms with Crippen molar-refractivity contribution in [1.82, 2.24) is 15.6 Å². The molecule has 0 spiro atoms. The first-order chi connectivity index (χ1) is 14.6. The number of hydrogen-bond acceptors (Lipinski definition) is 5. The number of carbonyl (C=O) groups excluding carboxylic acids is 2. The number of thiophene rings is 1. The Labute approximate surface area is 182 Å². The predicted molar refractivity (Wildman–Crippen MR) is 113 cm³/mol. The van der Waals surface area contributed by atoms with Crippen LogP contribution in [0.2, 0.25) is 0 Å². The zero-order chi connectivity index (χ0) is 22.6. The van der Waals surface area contributed by atoms with E-state index in [-0.39, 0.29) is 23.8 Å². The highest BCUT2D eigenvalue weighted by molar-refractivity contribution is 7.12. The van der Waals surface area contributed by atoms with Gasteiger partial charge in [0.05, 0.1) is 10.4 Å². The number of nitrogens with zero attached hydrogens (tertiary/aromatic N) is 2. The molecule has 1 fully saturated rings. The van der Waals surface area contributed by atoms with E-state index in [0.717, 1.165) is 12.3 Å². The summed E-state index contributed by atoms with van der Waals surface area (Å²) < 4.78 is 38.1. The van der Waals surface area contributed by atoms with Crippen LogP contribution in [0.1, 0.15) is 41.9 Å². The number of pyridine rings is 1. The average molecular weight is 455 g/mol. The van der Waals surface area contributed by atoms with E-state index in [4.69, 9.17) is 0 Å². The molecular formula is C21H25F3N4O2S. The van der Waals surface area contributed by atoms with Crippen LogP contribution in [0.15, 0.2) is 35.8 Å². The van der Waals surface area contributed by atoms with Gasteiger partial charge in [-0.05, 0) is 42.3 Å². The van der Waals surface area contributed by atoms with Gasteiger partial charge in [-0.15, -0.1) is 11.3 Å². The monoisotopic (exact) mass is 454 g/mol.